The first-order chi connectivity index (χ1) is 7.61. The van der Waals surface area contributed by atoms with Gasteiger partial charge in [0.1, 0.15) is 8.64 Å². The van der Waals surface area contributed by atoms with Crippen molar-refractivity contribution in [2.45, 2.75) is 39.5 Å². The van der Waals surface area contributed by atoms with Crippen LogP contribution in [0.1, 0.15) is 39.5 Å². The summed E-state index contributed by atoms with van der Waals surface area (Å²) in [5.41, 5.74) is 5.42. The maximum atomic E-state index is 5.42. The fraction of sp³-hybridized carbons (Fsp3) is 0.800. The van der Waals surface area contributed by atoms with Gasteiger partial charge in [0.15, 0.2) is 0 Å². The van der Waals surface area contributed by atoms with Crippen LogP contribution in [0.15, 0.2) is 0 Å². The fourth-order valence-electron chi connectivity index (χ4n) is 1.24. The van der Waals surface area contributed by atoms with E-state index < -0.39 is 0 Å². The summed E-state index contributed by atoms with van der Waals surface area (Å²) >= 11 is 10.1. The molecule has 94 valence electrons. The molecule has 0 atom stereocenters. The molecule has 0 unspecified atom stereocenters. The minimum absolute atomic E-state index is 0.439. The van der Waals surface area contributed by atoms with Crippen molar-refractivity contribution in [3.63, 3.8) is 0 Å². The Kier molecular flexibility index (Phi) is 10.9. The molecule has 0 aliphatic carbocycles. The van der Waals surface area contributed by atoms with Crippen LogP contribution < -0.4 is 5.73 Å². The Morgan fingerprint density at radius 3 is 2.31 bits per heavy atom. The van der Waals surface area contributed by atoms with E-state index in [1.165, 1.54) is 47.3 Å². The van der Waals surface area contributed by atoms with Crippen LogP contribution in [0, 0.1) is 0 Å². The van der Waals surface area contributed by atoms with Crippen LogP contribution in [-0.2, 0) is 0 Å². The molecule has 16 heavy (non-hydrogen) atoms. The average Bonchev–Trinajstić information content (AvgIpc) is 2.26. The van der Waals surface area contributed by atoms with Gasteiger partial charge in [-0.05, 0) is 34.9 Å². The minimum Gasteiger partial charge on any atom is -0.384 e. The van der Waals surface area contributed by atoms with Crippen molar-refractivity contribution in [2.24, 2.45) is 5.73 Å². The van der Waals surface area contributed by atoms with Crippen molar-refractivity contribution in [2.75, 3.05) is 13.1 Å². The van der Waals surface area contributed by atoms with E-state index in [-0.39, 0.29) is 0 Å². The second kappa shape index (κ2) is 10.6. The van der Waals surface area contributed by atoms with Crippen molar-refractivity contribution in [3.05, 3.63) is 0 Å². The summed E-state index contributed by atoms with van der Waals surface area (Å²) in [5.74, 6) is 0. The standard InChI is InChI=1S/C10H20N2S4/c1-3-5-6-7-8-12(4-2)10(14)16-15-9(11)13/h3-8H2,1-2H3,(H2,11,13). The van der Waals surface area contributed by atoms with Gasteiger partial charge in [-0.25, -0.2) is 0 Å². The van der Waals surface area contributed by atoms with Crippen molar-refractivity contribution >= 4 is 54.7 Å². The van der Waals surface area contributed by atoms with Gasteiger partial charge in [0.05, 0.1) is 0 Å². The summed E-state index contributed by atoms with van der Waals surface area (Å²) in [7, 11) is 2.86. The number of hydrogen-bond acceptors (Lipinski definition) is 4. The van der Waals surface area contributed by atoms with Crippen LogP contribution in [0.5, 0.6) is 0 Å². The second-order valence-electron chi connectivity index (χ2n) is 3.39. The van der Waals surface area contributed by atoms with E-state index in [9.17, 15) is 0 Å². The van der Waals surface area contributed by atoms with Crippen molar-refractivity contribution < 1.29 is 0 Å². The van der Waals surface area contributed by atoms with E-state index in [1.54, 1.807) is 0 Å². The van der Waals surface area contributed by atoms with Gasteiger partial charge in [0.25, 0.3) is 0 Å². The van der Waals surface area contributed by atoms with E-state index in [1.807, 2.05) is 0 Å². The molecule has 0 aromatic carbocycles. The zero-order valence-electron chi connectivity index (χ0n) is 9.90. The third-order valence-corrected chi connectivity index (χ3v) is 5.42. The van der Waals surface area contributed by atoms with Crippen LogP contribution in [0.3, 0.4) is 0 Å². The van der Waals surface area contributed by atoms with Crippen LogP contribution in [0.2, 0.25) is 0 Å². The monoisotopic (exact) mass is 296 g/mol. The molecule has 0 aromatic heterocycles. The highest BCUT2D eigenvalue weighted by Crippen LogP contribution is 2.25. The van der Waals surface area contributed by atoms with Gasteiger partial charge in [-0.3, -0.25) is 0 Å². The molecule has 0 radical (unpaired) electrons. The molecule has 0 aliphatic heterocycles. The predicted octanol–water partition coefficient (Wildman–Crippen LogP) is 3.80. The third-order valence-electron chi connectivity index (χ3n) is 2.12. The molecule has 0 fully saturated rings. The summed E-state index contributed by atoms with van der Waals surface area (Å²) in [6.45, 7) is 6.34. The van der Waals surface area contributed by atoms with E-state index >= 15 is 0 Å². The first-order valence-electron chi connectivity index (χ1n) is 5.54. The Morgan fingerprint density at radius 2 is 1.81 bits per heavy atom. The van der Waals surface area contributed by atoms with Crippen molar-refractivity contribution in [1.29, 1.82) is 0 Å². The van der Waals surface area contributed by atoms with Crippen molar-refractivity contribution in [3.8, 4) is 0 Å². The number of thiocarbonyl (C=S) groups is 2. The van der Waals surface area contributed by atoms with Crippen LogP contribution in [0.25, 0.3) is 0 Å². The summed E-state index contributed by atoms with van der Waals surface area (Å²) in [6, 6.07) is 0. The summed E-state index contributed by atoms with van der Waals surface area (Å²) < 4.78 is 1.33. The Morgan fingerprint density at radius 1 is 1.12 bits per heavy atom. The predicted molar refractivity (Wildman–Crippen MR) is 86.0 cm³/mol. The van der Waals surface area contributed by atoms with Gasteiger partial charge in [-0.15, -0.1) is 0 Å². The van der Waals surface area contributed by atoms with Gasteiger partial charge >= 0.3 is 0 Å². The number of hydrogen-bond donors (Lipinski definition) is 1. The quantitative estimate of drug-likeness (QED) is 0.455. The fourth-order valence-corrected chi connectivity index (χ4v) is 3.33. The average molecular weight is 297 g/mol. The van der Waals surface area contributed by atoms with E-state index in [0.29, 0.717) is 4.32 Å². The Balaban J connectivity index is 3.78. The largest absolute Gasteiger partial charge is 0.384 e. The number of rotatable bonds is 6. The highest BCUT2D eigenvalue weighted by molar-refractivity contribution is 8.89. The molecule has 0 amide bonds. The van der Waals surface area contributed by atoms with Gasteiger partial charge in [-0.1, -0.05) is 50.6 Å². The molecule has 6 heteroatoms. The smallest absolute Gasteiger partial charge is 0.147 e. The maximum absolute atomic E-state index is 5.42. The van der Waals surface area contributed by atoms with Gasteiger partial charge in [-0.2, -0.15) is 0 Å². The molecular formula is C10H20N2S4. The highest BCUT2D eigenvalue weighted by Gasteiger charge is 2.08. The lowest BCUT2D eigenvalue weighted by molar-refractivity contribution is 0.433. The number of unbranched alkanes of at least 4 members (excludes halogenated alkanes) is 3. The first kappa shape index (κ1) is 16.5. The SMILES string of the molecule is CCCCCCN(CC)C(=S)SSC(N)=S. The molecule has 0 saturated carbocycles. The number of nitrogens with zero attached hydrogens (tertiary/aromatic N) is 1. The van der Waals surface area contributed by atoms with E-state index in [4.69, 9.17) is 30.2 Å². The van der Waals surface area contributed by atoms with Gasteiger partial charge in [0.2, 0.25) is 0 Å². The third kappa shape index (κ3) is 8.61. The summed E-state index contributed by atoms with van der Waals surface area (Å²) in [5, 5.41) is 0. The molecule has 0 aromatic rings. The summed E-state index contributed by atoms with van der Waals surface area (Å²) in [6.07, 6.45) is 5.06. The van der Waals surface area contributed by atoms with Crippen LogP contribution in [0.4, 0.5) is 0 Å². The zero-order chi connectivity index (χ0) is 12.4. The molecule has 2 N–H and O–H groups in total. The molecule has 0 bridgehead atoms. The molecule has 2 nitrogen and oxygen atoms in total. The lowest BCUT2D eigenvalue weighted by Crippen LogP contribution is -2.28. The lowest BCUT2D eigenvalue weighted by Gasteiger charge is -2.22. The summed E-state index contributed by atoms with van der Waals surface area (Å²) in [4.78, 5) is 2.21. The van der Waals surface area contributed by atoms with E-state index in [0.717, 1.165) is 17.4 Å². The first-order valence-corrected chi connectivity index (χ1v) is 8.51. The second-order valence-corrected chi connectivity index (χ2v) is 6.90. The topological polar surface area (TPSA) is 29.3 Å². The van der Waals surface area contributed by atoms with Gasteiger partial charge < -0.3 is 10.6 Å². The molecular weight excluding hydrogens is 276 g/mol. The Bertz CT molecular complexity index is 221. The zero-order valence-corrected chi connectivity index (χ0v) is 13.2. The normalized spacial score (nSPS) is 10.1. The molecule has 0 rings (SSSR count). The van der Waals surface area contributed by atoms with Crippen molar-refractivity contribution in [1.82, 2.24) is 4.90 Å². The highest BCUT2D eigenvalue weighted by atomic mass is 33.1. The minimum atomic E-state index is 0.439. The van der Waals surface area contributed by atoms with E-state index in [2.05, 4.69) is 18.7 Å². The van der Waals surface area contributed by atoms with Crippen LogP contribution in [-0.4, -0.2) is 26.6 Å². The Labute approximate surface area is 117 Å². The Hall–Kier alpha value is 0.480. The number of nitrogens with two attached hydrogens (primary N) is 1. The molecule has 0 aliphatic rings. The maximum Gasteiger partial charge on any atom is 0.147 e. The van der Waals surface area contributed by atoms with Gasteiger partial charge in [0, 0.05) is 13.1 Å². The lowest BCUT2D eigenvalue weighted by atomic mass is 10.2. The molecule has 0 heterocycles. The molecule has 0 saturated heterocycles. The van der Waals surface area contributed by atoms with Crippen LogP contribution >= 0.6 is 46.0 Å². The molecule has 0 spiro atoms.